The van der Waals surface area contributed by atoms with Crippen LogP contribution in [-0.2, 0) is 9.53 Å². The summed E-state index contributed by atoms with van der Waals surface area (Å²) in [5.41, 5.74) is 0. The Morgan fingerprint density at radius 1 is 0.625 bits per heavy atom. The molecule has 0 amide bonds. The third-order valence-electron chi connectivity index (χ3n) is 6.33. The van der Waals surface area contributed by atoms with E-state index in [1.54, 1.807) is 0 Å². The highest BCUT2D eigenvalue weighted by atomic mass is 16.5. The lowest BCUT2D eigenvalue weighted by Crippen LogP contribution is -2.05. The van der Waals surface area contributed by atoms with Crippen molar-refractivity contribution in [2.24, 2.45) is 5.92 Å². The molecule has 0 aromatic carbocycles. The molecule has 32 heavy (non-hydrogen) atoms. The minimum absolute atomic E-state index is 0.0105. The fraction of sp³-hybridized carbons (Fsp3) is 0.900. The summed E-state index contributed by atoms with van der Waals surface area (Å²) in [5, 5.41) is 0. The van der Waals surface area contributed by atoms with Crippen molar-refractivity contribution in [2.75, 3.05) is 6.61 Å². The number of ether oxygens (including phenoxy) is 1. The van der Waals surface area contributed by atoms with E-state index in [2.05, 4.69) is 32.9 Å². The molecule has 0 aliphatic heterocycles. The maximum absolute atomic E-state index is 11.8. The zero-order valence-electron chi connectivity index (χ0n) is 22.3. The number of carbonyl (C=O) groups excluding carboxylic acids is 1. The SMILES string of the molecule is CCCCCCCC/C=C\CCCCCCCC(=O)OCCCCCCCCCC(C)C. The van der Waals surface area contributed by atoms with Crippen LogP contribution in [0.2, 0.25) is 0 Å². The molecule has 0 saturated carbocycles. The van der Waals surface area contributed by atoms with Gasteiger partial charge in [0.15, 0.2) is 0 Å². The van der Waals surface area contributed by atoms with Crippen molar-refractivity contribution in [3.05, 3.63) is 12.2 Å². The predicted molar refractivity (Wildman–Crippen MR) is 142 cm³/mol. The first-order chi connectivity index (χ1) is 15.7. The molecule has 0 N–H and O–H groups in total. The monoisotopic (exact) mass is 450 g/mol. The van der Waals surface area contributed by atoms with Crippen LogP contribution < -0.4 is 0 Å². The van der Waals surface area contributed by atoms with Crippen LogP contribution in [0.15, 0.2) is 12.2 Å². The Hall–Kier alpha value is -0.790. The van der Waals surface area contributed by atoms with Crippen LogP contribution in [0, 0.1) is 5.92 Å². The molecule has 0 spiro atoms. The van der Waals surface area contributed by atoms with Crippen LogP contribution in [0.4, 0.5) is 0 Å². The summed E-state index contributed by atoms with van der Waals surface area (Å²) in [4.78, 5) is 11.8. The maximum Gasteiger partial charge on any atom is 0.305 e. The summed E-state index contributed by atoms with van der Waals surface area (Å²) in [6.07, 6.45) is 32.4. The van der Waals surface area contributed by atoms with Crippen molar-refractivity contribution in [1.82, 2.24) is 0 Å². The molecule has 0 unspecified atom stereocenters. The van der Waals surface area contributed by atoms with Gasteiger partial charge in [0.25, 0.3) is 0 Å². The van der Waals surface area contributed by atoms with Gasteiger partial charge in [-0.25, -0.2) is 0 Å². The van der Waals surface area contributed by atoms with Gasteiger partial charge in [0.2, 0.25) is 0 Å². The van der Waals surface area contributed by atoms with E-state index < -0.39 is 0 Å². The van der Waals surface area contributed by atoms with Gasteiger partial charge in [-0.3, -0.25) is 4.79 Å². The fourth-order valence-electron chi connectivity index (χ4n) is 4.14. The van der Waals surface area contributed by atoms with Crippen LogP contribution in [0.5, 0.6) is 0 Å². The minimum Gasteiger partial charge on any atom is -0.466 e. The third-order valence-corrected chi connectivity index (χ3v) is 6.33. The lowest BCUT2D eigenvalue weighted by Gasteiger charge is -2.06. The van der Waals surface area contributed by atoms with E-state index in [9.17, 15) is 4.79 Å². The summed E-state index contributed by atoms with van der Waals surface area (Å²) in [6.45, 7) is 7.51. The Kier molecular flexibility index (Phi) is 25.8. The molecule has 2 nitrogen and oxygen atoms in total. The highest BCUT2D eigenvalue weighted by Gasteiger charge is 2.02. The highest BCUT2D eigenvalue weighted by molar-refractivity contribution is 5.69. The molecular weight excluding hydrogens is 392 g/mol. The molecule has 0 radical (unpaired) electrons. The summed E-state index contributed by atoms with van der Waals surface area (Å²) >= 11 is 0. The van der Waals surface area contributed by atoms with Crippen LogP contribution in [0.3, 0.4) is 0 Å². The summed E-state index contributed by atoms with van der Waals surface area (Å²) < 4.78 is 5.38. The van der Waals surface area contributed by atoms with E-state index >= 15 is 0 Å². The van der Waals surface area contributed by atoms with Crippen molar-refractivity contribution >= 4 is 5.97 Å². The Labute approximate surface area is 202 Å². The minimum atomic E-state index is 0.0105. The molecule has 0 aromatic rings. The van der Waals surface area contributed by atoms with Crippen molar-refractivity contribution in [1.29, 1.82) is 0 Å². The molecule has 190 valence electrons. The Bertz CT molecular complexity index is 400. The lowest BCUT2D eigenvalue weighted by atomic mass is 10.0. The lowest BCUT2D eigenvalue weighted by molar-refractivity contribution is -0.143. The molecule has 0 atom stereocenters. The van der Waals surface area contributed by atoms with Gasteiger partial charge in [-0.1, -0.05) is 129 Å². The van der Waals surface area contributed by atoms with E-state index in [-0.39, 0.29) is 5.97 Å². The van der Waals surface area contributed by atoms with Gasteiger partial charge in [-0.15, -0.1) is 0 Å². The van der Waals surface area contributed by atoms with Gasteiger partial charge in [-0.2, -0.15) is 0 Å². The van der Waals surface area contributed by atoms with Crippen molar-refractivity contribution in [3.63, 3.8) is 0 Å². The van der Waals surface area contributed by atoms with E-state index in [0.29, 0.717) is 13.0 Å². The fourth-order valence-corrected chi connectivity index (χ4v) is 4.14. The third kappa shape index (κ3) is 27.2. The second-order valence-corrected chi connectivity index (χ2v) is 10.2. The molecule has 0 aliphatic rings. The second-order valence-electron chi connectivity index (χ2n) is 10.2. The van der Waals surface area contributed by atoms with Crippen molar-refractivity contribution in [3.8, 4) is 0 Å². The van der Waals surface area contributed by atoms with E-state index in [1.807, 2.05) is 0 Å². The first-order valence-electron chi connectivity index (χ1n) is 14.5. The average molecular weight is 451 g/mol. The van der Waals surface area contributed by atoms with Crippen LogP contribution in [-0.4, -0.2) is 12.6 Å². The van der Waals surface area contributed by atoms with Crippen LogP contribution >= 0.6 is 0 Å². The summed E-state index contributed by atoms with van der Waals surface area (Å²) in [5.74, 6) is 0.854. The average Bonchev–Trinajstić information content (AvgIpc) is 2.77. The molecule has 0 rings (SSSR count). The van der Waals surface area contributed by atoms with Crippen LogP contribution in [0.1, 0.15) is 162 Å². The number of hydrogen-bond acceptors (Lipinski definition) is 2. The van der Waals surface area contributed by atoms with E-state index in [4.69, 9.17) is 4.74 Å². The first-order valence-corrected chi connectivity index (χ1v) is 14.5. The number of allylic oxidation sites excluding steroid dienone is 2. The Balaban J connectivity index is 3.21. The Morgan fingerprint density at radius 2 is 1.09 bits per heavy atom. The zero-order chi connectivity index (χ0) is 23.5. The van der Waals surface area contributed by atoms with Crippen molar-refractivity contribution in [2.45, 2.75) is 162 Å². The van der Waals surface area contributed by atoms with Gasteiger partial charge in [-0.05, 0) is 44.4 Å². The summed E-state index contributed by atoms with van der Waals surface area (Å²) in [6, 6.07) is 0. The normalized spacial score (nSPS) is 11.6. The molecule has 0 heterocycles. The van der Waals surface area contributed by atoms with E-state index in [0.717, 1.165) is 25.2 Å². The highest BCUT2D eigenvalue weighted by Crippen LogP contribution is 2.13. The number of carbonyl (C=O) groups is 1. The second kappa shape index (κ2) is 26.5. The van der Waals surface area contributed by atoms with Gasteiger partial charge < -0.3 is 4.74 Å². The number of rotatable bonds is 25. The molecular formula is C30H58O2. The number of esters is 1. The number of hydrogen-bond donors (Lipinski definition) is 0. The first kappa shape index (κ1) is 31.2. The van der Waals surface area contributed by atoms with Gasteiger partial charge >= 0.3 is 5.97 Å². The molecule has 0 aromatic heterocycles. The van der Waals surface area contributed by atoms with Crippen molar-refractivity contribution < 1.29 is 9.53 Å². The largest absolute Gasteiger partial charge is 0.466 e. The van der Waals surface area contributed by atoms with Crippen LogP contribution in [0.25, 0.3) is 0 Å². The number of unbranched alkanes of at least 4 members (excludes halogenated alkanes) is 17. The quantitative estimate of drug-likeness (QED) is 0.0785. The van der Waals surface area contributed by atoms with Gasteiger partial charge in [0.1, 0.15) is 0 Å². The molecule has 0 saturated heterocycles. The molecule has 0 fully saturated rings. The molecule has 0 aliphatic carbocycles. The predicted octanol–water partition coefficient (Wildman–Crippen LogP) is 10.3. The maximum atomic E-state index is 11.8. The smallest absolute Gasteiger partial charge is 0.305 e. The molecule has 0 bridgehead atoms. The van der Waals surface area contributed by atoms with Gasteiger partial charge in [0, 0.05) is 6.42 Å². The zero-order valence-corrected chi connectivity index (χ0v) is 22.3. The topological polar surface area (TPSA) is 26.3 Å². The molecule has 2 heteroatoms. The van der Waals surface area contributed by atoms with E-state index in [1.165, 1.54) is 116 Å². The standard InChI is InChI=1S/C30H58O2/c1-4-5-6-7-8-9-10-11-12-13-14-15-18-21-24-27-30(31)32-28-25-22-19-16-17-20-23-26-29(2)3/h11-12,29H,4-10,13-28H2,1-3H3/b12-11-. The Morgan fingerprint density at radius 3 is 1.66 bits per heavy atom. The summed E-state index contributed by atoms with van der Waals surface area (Å²) in [7, 11) is 0. The van der Waals surface area contributed by atoms with Gasteiger partial charge in [0.05, 0.1) is 6.61 Å².